The lowest BCUT2D eigenvalue weighted by molar-refractivity contribution is -0.137. The van der Waals surface area contributed by atoms with Gasteiger partial charge in [0.25, 0.3) is 0 Å². The van der Waals surface area contributed by atoms with E-state index in [0.29, 0.717) is 5.56 Å². The minimum absolute atomic E-state index is 0.0827. The molecule has 0 aliphatic heterocycles. The van der Waals surface area contributed by atoms with E-state index in [-0.39, 0.29) is 5.41 Å². The highest BCUT2D eigenvalue weighted by Gasteiger charge is 2.29. The molecular formula is C19H17F3. The average molecular weight is 302 g/mol. The highest BCUT2D eigenvalue weighted by molar-refractivity contribution is 5.44. The Labute approximate surface area is 129 Å². The van der Waals surface area contributed by atoms with Gasteiger partial charge in [0.2, 0.25) is 0 Å². The van der Waals surface area contributed by atoms with Crippen LogP contribution in [0.25, 0.3) is 0 Å². The van der Waals surface area contributed by atoms with Gasteiger partial charge < -0.3 is 0 Å². The van der Waals surface area contributed by atoms with Crippen molar-refractivity contribution in [1.82, 2.24) is 0 Å². The standard InChI is InChI=1S/C19H17F3/c1-18(2,3)16-10-6-14(7-11-16)4-5-15-8-12-17(13-9-15)19(20,21)22/h6-13H,1-3H3. The van der Waals surface area contributed by atoms with Gasteiger partial charge in [0.15, 0.2) is 0 Å². The zero-order valence-electron chi connectivity index (χ0n) is 12.8. The van der Waals surface area contributed by atoms with Gasteiger partial charge in [0.05, 0.1) is 5.56 Å². The van der Waals surface area contributed by atoms with Gasteiger partial charge in [-0.05, 0) is 47.4 Å². The molecule has 0 N–H and O–H groups in total. The molecule has 0 fully saturated rings. The van der Waals surface area contributed by atoms with Crippen molar-refractivity contribution in [3.05, 3.63) is 70.8 Å². The van der Waals surface area contributed by atoms with Gasteiger partial charge in [-0.25, -0.2) is 0 Å². The summed E-state index contributed by atoms with van der Waals surface area (Å²) in [6, 6.07) is 12.8. The molecule has 2 rings (SSSR count). The van der Waals surface area contributed by atoms with Crippen molar-refractivity contribution in [3.63, 3.8) is 0 Å². The molecule has 0 nitrogen and oxygen atoms in total. The van der Waals surface area contributed by atoms with Crippen LogP contribution in [0.3, 0.4) is 0 Å². The highest BCUT2D eigenvalue weighted by Crippen LogP contribution is 2.29. The fraction of sp³-hybridized carbons (Fsp3) is 0.263. The van der Waals surface area contributed by atoms with E-state index < -0.39 is 11.7 Å². The fourth-order valence-electron chi connectivity index (χ4n) is 1.94. The summed E-state index contributed by atoms with van der Waals surface area (Å²) in [5.74, 6) is 5.85. The number of rotatable bonds is 0. The van der Waals surface area contributed by atoms with E-state index >= 15 is 0 Å². The third kappa shape index (κ3) is 4.14. The molecule has 0 unspecified atom stereocenters. The van der Waals surface area contributed by atoms with Crippen molar-refractivity contribution < 1.29 is 13.2 Å². The zero-order valence-corrected chi connectivity index (χ0v) is 12.8. The smallest absolute Gasteiger partial charge is 0.166 e. The van der Waals surface area contributed by atoms with Crippen LogP contribution < -0.4 is 0 Å². The van der Waals surface area contributed by atoms with Crippen LogP contribution in [-0.2, 0) is 11.6 Å². The molecule has 2 aromatic rings. The minimum Gasteiger partial charge on any atom is -0.166 e. The van der Waals surface area contributed by atoms with E-state index in [1.54, 1.807) is 0 Å². The van der Waals surface area contributed by atoms with Crippen LogP contribution in [0.5, 0.6) is 0 Å². The minimum atomic E-state index is -4.31. The molecule has 0 spiro atoms. The molecule has 0 saturated heterocycles. The molecular weight excluding hydrogens is 285 g/mol. The molecule has 0 saturated carbocycles. The van der Waals surface area contributed by atoms with Crippen molar-refractivity contribution in [3.8, 4) is 11.8 Å². The number of benzene rings is 2. The lowest BCUT2D eigenvalue weighted by Gasteiger charge is -2.18. The molecule has 0 heterocycles. The van der Waals surface area contributed by atoms with Crippen LogP contribution in [0.1, 0.15) is 43.0 Å². The monoisotopic (exact) mass is 302 g/mol. The summed E-state index contributed by atoms with van der Waals surface area (Å²) >= 11 is 0. The van der Waals surface area contributed by atoms with Crippen LogP contribution in [0.4, 0.5) is 13.2 Å². The zero-order chi connectivity index (χ0) is 16.4. The number of hydrogen-bond donors (Lipinski definition) is 0. The Bertz CT molecular complexity index is 627. The van der Waals surface area contributed by atoms with Crippen LogP contribution in [0.15, 0.2) is 48.5 Å². The molecule has 0 amide bonds. The van der Waals surface area contributed by atoms with E-state index in [9.17, 15) is 13.2 Å². The van der Waals surface area contributed by atoms with E-state index in [1.807, 2.05) is 24.3 Å². The molecule has 114 valence electrons. The summed E-state index contributed by atoms with van der Waals surface area (Å²) in [7, 11) is 0. The Morgan fingerprint density at radius 2 is 1.00 bits per heavy atom. The summed E-state index contributed by atoms with van der Waals surface area (Å²) in [4.78, 5) is 0. The van der Waals surface area contributed by atoms with Gasteiger partial charge in [-0.3, -0.25) is 0 Å². The molecule has 0 aliphatic rings. The van der Waals surface area contributed by atoms with Crippen LogP contribution in [0, 0.1) is 11.8 Å². The predicted octanol–water partition coefficient (Wildman–Crippen LogP) is 5.40. The fourth-order valence-corrected chi connectivity index (χ4v) is 1.94. The van der Waals surface area contributed by atoms with Gasteiger partial charge in [-0.1, -0.05) is 44.7 Å². The van der Waals surface area contributed by atoms with Crippen LogP contribution >= 0.6 is 0 Å². The van der Waals surface area contributed by atoms with E-state index in [1.165, 1.54) is 17.7 Å². The summed E-state index contributed by atoms with van der Waals surface area (Å²) < 4.78 is 37.4. The number of halogens is 3. The summed E-state index contributed by atoms with van der Waals surface area (Å²) in [6.07, 6.45) is -4.31. The maximum atomic E-state index is 12.5. The highest BCUT2D eigenvalue weighted by atomic mass is 19.4. The maximum Gasteiger partial charge on any atom is 0.416 e. The molecule has 3 heteroatoms. The summed E-state index contributed by atoms with van der Waals surface area (Å²) in [5.41, 5.74) is 2.04. The molecule has 22 heavy (non-hydrogen) atoms. The Morgan fingerprint density at radius 1 is 0.636 bits per heavy atom. The lowest BCUT2D eigenvalue weighted by Crippen LogP contribution is -2.10. The first-order chi connectivity index (χ1) is 10.2. The Hall–Kier alpha value is -2.21. The van der Waals surface area contributed by atoms with Gasteiger partial charge >= 0.3 is 6.18 Å². The van der Waals surface area contributed by atoms with Crippen molar-refractivity contribution >= 4 is 0 Å². The molecule has 0 aliphatic carbocycles. The quantitative estimate of drug-likeness (QED) is 0.571. The molecule has 2 aromatic carbocycles. The van der Waals surface area contributed by atoms with E-state index in [2.05, 4.69) is 32.6 Å². The van der Waals surface area contributed by atoms with Crippen LogP contribution in [0.2, 0.25) is 0 Å². The van der Waals surface area contributed by atoms with Crippen molar-refractivity contribution in [2.75, 3.05) is 0 Å². The Balaban J connectivity index is 2.17. The molecule has 0 atom stereocenters. The van der Waals surface area contributed by atoms with Crippen molar-refractivity contribution in [2.45, 2.75) is 32.4 Å². The number of alkyl halides is 3. The SMILES string of the molecule is CC(C)(C)c1ccc(C#Cc2ccc(C(F)(F)F)cc2)cc1. The second-order valence-electron chi connectivity index (χ2n) is 6.15. The molecule has 0 radical (unpaired) electrons. The van der Waals surface area contributed by atoms with Gasteiger partial charge in [-0.2, -0.15) is 13.2 Å². The van der Waals surface area contributed by atoms with Gasteiger partial charge in [0.1, 0.15) is 0 Å². The second-order valence-corrected chi connectivity index (χ2v) is 6.15. The Morgan fingerprint density at radius 3 is 1.32 bits per heavy atom. The normalized spacial score (nSPS) is 11.7. The summed E-state index contributed by atoms with van der Waals surface area (Å²) in [6.45, 7) is 6.40. The molecule has 0 aromatic heterocycles. The topological polar surface area (TPSA) is 0 Å². The average Bonchev–Trinajstić information content (AvgIpc) is 2.44. The van der Waals surface area contributed by atoms with E-state index in [4.69, 9.17) is 0 Å². The van der Waals surface area contributed by atoms with E-state index in [0.717, 1.165) is 17.7 Å². The maximum absolute atomic E-state index is 12.5. The summed E-state index contributed by atoms with van der Waals surface area (Å²) in [5, 5.41) is 0. The molecule has 0 bridgehead atoms. The van der Waals surface area contributed by atoms with Gasteiger partial charge in [-0.15, -0.1) is 0 Å². The third-order valence-corrected chi connectivity index (χ3v) is 3.31. The third-order valence-electron chi connectivity index (χ3n) is 3.31. The van der Waals surface area contributed by atoms with Crippen molar-refractivity contribution in [2.24, 2.45) is 0 Å². The lowest BCUT2D eigenvalue weighted by atomic mass is 9.87. The Kier molecular flexibility index (Phi) is 4.32. The van der Waals surface area contributed by atoms with Gasteiger partial charge in [0, 0.05) is 11.1 Å². The number of hydrogen-bond acceptors (Lipinski definition) is 0. The first-order valence-electron chi connectivity index (χ1n) is 6.96. The second kappa shape index (κ2) is 5.88. The first-order valence-corrected chi connectivity index (χ1v) is 6.96. The van der Waals surface area contributed by atoms with Crippen LogP contribution in [-0.4, -0.2) is 0 Å². The van der Waals surface area contributed by atoms with Crippen molar-refractivity contribution in [1.29, 1.82) is 0 Å². The first kappa shape index (κ1) is 16.2. The predicted molar refractivity (Wildman–Crippen MR) is 82.6 cm³/mol. The largest absolute Gasteiger partial charge is 0.416 e.